The molecule has 134 valence electrons. The van der Waals surface area contributed by atoms with Crippen molar-refractivity contribution in [3.63, 3.8) is 0 Å². The maximum absolute atomic E-state index is 13.1. The normalized spacial score (nSPS) is 18.3. The highest BCUT2D eigenvalue weighted by atomic mass is 35.5. The molecule has 0 saturated carbocycles. The van der Waals surface area contributed by atoms with Crippen LogP contribution >= 0.6 is 11.6 Å². The zero-order valence-electron chi connectivity index (χ0n) is 14.1. The summed E-state index contributed by atoms with van der Waals surface area (Å²) >= 11 is 6.13. The van der Waals surface area contributed by atoms with Crippen LogP contribution in [0.5, 0.6) is 11.5 Å². The Morgan fingerprint density at radius 1 is 1.12 bits per heavy atom. The van der Waals surface area contributed by atoms with E-state index < -0.39 is 10.0 Å². The molecule has 0 unspecified atom stereocenters. The maximum Gasteiger partial charge on any atom is 0.245 e. The zero-order valence-corrected chi connectivity index (χ0v) is 15.7. The Hall–Kier alpha value is -1.76. The standard InChI is InChI=1S/C18H20ClNO4S/c1-23-13-9-10-14(17(12-13)24-2)16-7-5-11-20(16)25(21,22)18-8-4-3-6-15(18)19/h3-4,6,8-10,12,16H,5,7,11H2,1-2H3/t16-/m1/s1. The SMILES string of the molecule is COc1ccc([C@H]2CCCN2S(=O)(=O)c2ccccc2Cl)c(OC)c1. The number of nitrogens with zero attached hydrogens (tertiary/aromatic N) is 1. The Labute approximate surface area is 153 Å². The number of hydrogen-bond donors (Lipinski definition) is 0. The van der Waals surface area contributed by atoms with E-state index in [0.29, 0.717) is 18.0 Å². The minimum atomic E-state index is -3.69. The van der Waals surface area contributed by atoms with Crippen molar-refractivity contribution in [2.45, 2.75) is 23.8 Å². The highest BCUT2D eigenvalue weighted by Crippen LogP contribution is 2.42. The summed E-state index contributed by atoms with van der Waals surface area (Å²) in [7, 11) is -0.542. The van der Waals surface area contributed by atoms with Gasteiger partial charge in [0.1, 0.15) is 16.4 Å². The fourth-order valence-electron chi connectivity index (χ4n) is 3.21. The number of benzene rings is 2. The van der Waals surface area contributed by atoms with E-state index in [9.17, 15) is 8.42 Å². The van der Waals surface area contributed by atoms with Gasteiger partial charge in [-0.2, -0.15) is 4.31 Å². The lowest BCUT2D eigenvalue weighted by atomic mass is 10.0. The van der Waals surface area contributed by atoms with Gasteiger partial charge in [-0.25, -0.2) is 8.42 Å². The highest BCUT2D eigenvalue weighted by molar-refractivity contribution is 7.89. The molecule has 1 fully saturated rings. The molecule has 2 aromatic rings. The van der Waals surface area contributed by atoms with E-state index >= 15 is 0 Å². The summed E-state index contributed by atoms with van der Waals surface area (Å²) in [5.74, 6) is 1.28. The third-order valence-corrected chi connectivity index (χ3v) is 6.83. The first-order valence-electron chi connectivity index (χ1n) is 7.97. The number of rotatable bonds is 5. The van der Waals surface area contributed by atoms with Gasteiger partial charge < -0.3 is 9.47 Å². The van der Waals surface area contributed by atoms with Crippen LogP contribution in [0, 0.1) is 0 Å². The first kappa shape index (κ1) is 18.0. The van der Waals surface area contributed by atoms with Gasteiger partial charge in [0.2, 0.25) is 10.0 Å². The Balaban J connectivity index is 2.03. The fourth-order valence-corrected chi connectivity index (χ4v) is 5.38. The van der Waals surface area contributed by atoms with Crippen LogP contribution < -0.4 is 9.47 Å². The molecule has 5 nitrogen and oxygen atoms in total. The van der Waals surface area contributed by atoms with E-state index in [2.05, 4.69) is 0 Å². The van der Waals surface area contributed by atoms with Crippen molar-refractivity contribution in [3.05, 3.63) is 53.1 Å². The molecule has 0 amide bonds. The number of hydrogen-bond acceptors (Lipinski definition) is 4. The third-order valence-electron chi connectivity index (χ3n) is 4.43. The van der Waals surface area contributed by atoms with Gasteiger partial charge in [-0.05, 0) is 31.0 Å². The second kappa shape index (κ2) is 7.23. The van der Waals surface area contributed by atoms with Gasteiger partial charge in [0.25, 0.3) is 0 Å². The lowest BCUT2D eigenvalue weighted by molar-refractivity contribution is 0.361. The molecule has 0 radical (unpaired) electrons. The van der Waals surface area contributed by atoms with Crippen LogP contribution in [0.3, 0.4) is 0 Å². The molecule has 1 aliphatic rings. The number of sulfonamides is 1. The molecular weight excluding hydrogens is 362 g/mol. The molecule has 0 spiro atoms. The summed E-state index contributed by atoms with van der Waals surface area (Å²) in [6.07, 6.45) is 1.51. The summed E-state index contributed by atoms with van der Waals surface area (Å²) < 4.78 is 38.5. The molecule has 7 heteroatoms. The van der Waals surface area contributed by atoms with Crippen LogP contribution in [0.4, 0.5) is 0 Å². The average Bonchev–Trinajstić information content (AvgIpc) is 3.11. The third kappa shape index (κ3) is 3.34. The summed E-state index contributed by atoms with van der Waals surface area (Å²) in [6, 6.07) is 11.7. The van der Waals surface area contributed by atoms with Gasteiger partial charge in [0.05, 0.1) is 25.3 Å². The first-order valence-corrected chi connectivity index (χ1v) is 9.79. The molecule has 0 bridgehead atoms. The maximum atomic E-state index is 13.1. The van der Waals surface area contributed by atoms with Crippen molar-refractivity contribution in [3.8, 4) is 11.5 Å². The molecule has 2 aromatic carbocycles. The second-order valence-electron chi connectivity index (χ2n) is 5.81. The summed E-state index contributed by atoms with van der Waals surface area (Å²) in [6.45, 7) is 0.452. The lowest BCUT2D eigenvalue weighted by Gasteiger charge is -2.26. The van der Waals surface area contributed by atoms with Gasteiger partial charge >= 0.3 is 0 Å². The molecule has 1 saturated heterocycles. The second-order valence-corrected chi connectivity index (χ2v) is 8.08. The van der Waals surface area contributed by atoms with Gasteiger partial charge in [0.15, 0.2) is 0 Å². The molecule has 0 aromatic heterocycles. The molecule has 0 N–H and O–H groups in total. The van der Waals surface area contributed by atoms with E-state index in [4.69, 9.17) is 21.1 Å². The Kier molecular flexibility index (Phi) is 5.22. The van der Waals surface area contributed by atoms with Crippen molar-refractivity contribution >= 4 is 21.6 Å². The van der Waals surface area contributed by atoms with Gasteiger partial charge in [-0.3, -0.25) is 0 Å². The highest BCUT2D eigenvalue weighted by Gasteiger charge is 2.38. The van der Waals surface area contributed by atoms with E-state index in [1.54, 1.807) is 38.5 Å². The van der Waals surface area contributed by atoms with Crippen molar-refractivity contribution < 1.29 is 17.9 Å². The van der Waals surface area contributed by atoms with Gasteiger partial charge in [0, 0.05) is 18.2 Å². The van der Waals surface area contributed by atoms with Crippen molar-refractivity contribution in [1.82, 2.24) is 4.31 Å². The Bertz CT molecular complexity index is 869. The molecule has 1 aliphatic heterocycles. The minimum absolute atomic E-state index is 0.135. The van der Waals surface area contributed by atoms with E-state index in [1.165, 1.54) is 10.4 Å². The fraction of sp³-hybridized carbons (Fsp3) is 0.333. The van der Waals surface area contributed by atoms with Crippen molar-refractivity contribution in [1.29, 1.82) is 0 Å². The van der Waals surface area contributed by atoms with E-state index in [0.717, 1.165) is 18.4 Å². The Morgan fingerprint density at radius 3 is 2.56 bits per heavy atom. The number of methoxy groups -OCH3 is 2. The predicted molar refractivity (Wildman–Crippen MR) is 96.9 cm³/mol. The molecule has 3 rings (SSSR count). The summed E-state index contributed by atoms with van der Waals surface area (Å²) in [4.78, 5) is 0.135. The van der Waals surface area contributed by atoms with Crippen LogP contribution in [0.1, 0.15) is 24.4 Å². The quantitative estimate of drug-likeness (QED) is 0.788. The van der Waals surface area contributed by atoms with Crippen LogP contribution in [0.25, 0.3) is 0 Å². The molecule has 1 atom stereocenters. The number of ether oxygens (including phenoxy) is 2. The number of halogens is 1. The van der Waals surface area contributed by atoms with E-state index in [1.807, 2.05) is 12.1 Å². The van der Waals surface area contributed by atoms with Crippen molar-refractivity contribution in [2.24, 2.45) is 0 Å². The topological polar surface area (TPSA) is 55.8 Å². The van der Waals surface area contributed by atoms with Crippen LogP contribution in [-0.4, -0.2) is 33.5 Å². The van der Waals surface area contributed by atoms with Crippen LogP contribution in [0.15, 0.2) is 47.4 Å². The summed E-state index contributed by atoms with van der Waals surface area (Å²) in [5.41, 5.74) is 0.830. The van der Waals surface area contributed by atoms with Gasteiger partial charge in [-0.15, -0.1) is 0 Å². The average molecular weight is 382 g/mol. The Morgan fingerprint density at radius 2 is 1.88 bits per heavy atom. The zero-order chi connectivity index (χ0) is 18.0. The molecule has 0 aliphatic carbocycles. The van der Waals surface area contributed by atoms with Crippen molar-refractivity contribution in [2.75, 3.05) is 20.8 Å². The van der Waals surface area contributed by atoms with Crippen LogP contribution in [-0.2, 0) is 10.0 Å². The van der Waals surface area contributed by atoms with Crippen LogP contribution in [0.2, 0.25) is 5.02 Å². The molecular formula is C18H20ClNO4S. The molecule has 1 heterocycles. The molecule has 25 heavy (non-hydrogen) atoms. The smallest absolute Gasteiger partial charge is 0.245 e. The predicted octanol–water partition coefficient (Wildman–Crippen LogP) is 3.88. The summed E-state index contributed by atoms with van der Waals surface area (Å²) in [5, 5.41) is 0.231. The first-order chi connectivity index (χ1) is 12.0. The largest absolute Gasteiger partial charge is 0.497 e. The monoisotopic (exact) mass is 381 g/mol. The van der Waals surface area contributed by atoms with Gasteiger partial charge in [-0.1, -0.05) is 29.8 Å². The lowest BCUT2D eigenvalue weighted by Crippen LogP contribution is -2.31. The minimum Gasteiger partial charge on any atom is -0.497 e. The van der Waals surface area contributed by atoms with E-state index in [-0.39, 0.29) is 16.0 Å².